The molecule has 1 atom stereocenters. The fourth-order valence-electron chi connectivity index (χ4n) is 2.35. The molecule has 0 spiro atoms. The second-order valence-electron chi connectivity index (χ2n) is 5.08. The molecule has 4 heteroatoms. The van der Waals surface area contributed by atoms with Gasteiger partial charge in [0.2, 0.25) is 10.0 Å². The minimum absolute atomic E-state index is 0.193. The summed E-state index contributed by atoms with van der Waals surface area (Å²) >= 11 is 0. The first-order chi connectivity index (χ1) is 9.53. The third-order valence-corrected chi connectivity index (χ3v) is 4.95. The largest absolute Gasteiger partial charge is 0.212 e. The van der Waals surface area contributed by atoms with E-state index in [0.717, 1.165) is 22.8 Å². The van der Waals surface area contributed by atoms with Crippen molar-refractivity contribution >= 4 is 20.8 Å². The van der Waals surface area contributed by atoms with Crippen LogP contribution in [0.25, 0.3) is 10.8 Å². The van der Waals surface area contributed by atoms with E-state index in [1.54, 1.807) is 0 Å². The predicted molar refractivity (Wildman–Crippen MR) is 84.2 cm³/mol. The summed E-state index contributed by atoms with van der Waals surface area (Å²) < 4.78 is 26.8. The second-order valence-corrected chi connectivity index (χ2v) is 6.95. The lowest BCUT2D eigenvalue weighted by atomic mass is 10.0. The van der Waals surface area contributed by atoms with Crippen LogP contribution in [0.15, 0.2) is 42.5 Å². The molecule has 2 aromatic rings. The highest BCUT2D eigenvalue weighted by Crippen LogP contribution is 2.24. The van der Waals surface area contributed by atoms with Crippen LogP contribution in [-0.2, 0) is 10.0 Å². The summed E-state index contributed by atoms with van der Waals surface area (Å²) in [4.78, 5) is 0. The summed E-state index contributed by atoms with van der Waals surface area (Å²) in [7, 11) is -3.21. The van der Waals surface area contributed by atoms with Crippen LogP contribution in [-0.4, -0.2) is 14.2 Å². The van der Waals surface area contributed by atoms with Crippen molar-refractivity contribution in [1.82, 2.24) is 4.72 Å². The van der Waals surface area contributed by atoms with Gasteiger partial charge >= 0.3 is 0 Å². The molecule has 0 amide bonds. The molecule has 0 aliphatic rings. The highest BCUT2D eigenvalue weighted by Gasteiger charge is 2.16. The monoisotopic (exact) mass is 291 g/mol. The van der Waals surface area contributed by atoms with Crippen LogP contribution in [0.2, 0.25) is 0 Å². The van der Waals surface area contributed by atoms with E-state index >= 15 is 0 Å². The molecule has 1 unspecified atom stereocenters. The molecule has 2 rings (SSSR count). The number of rotatable bonds is 6. The van der Waals surface area contributed by atoms with E-state index in [1.807, 2.05) is 56.3 Å². The molecule has 0 aliphatic carbocycles. The average molecular weight is 291 g/mol. The Balaban J connectivity index is 2.26. The first-order valence-corrected chi connectivity index (χ1v) is 8.66. The summed E-state index contributed by atoms with van der Waals surface area (Å²) in [6.45, 7) is 3.88. The highest BCUT2D eigenvalue weighted by atomic mass is 32.2. The minimum Gasteiger partial charge on any atom is -0.212 e. The molecule has 1 N–H and O–H groups in total. The van der Waals surface area contributed by atoms with E-state index in [1.165, 1.54) is 0 Å². The van der Waals surface area contributed by atoms with Crippen molar-refractivity contribution in [3.8, 4) is 0 Å². The molecule has 0 saturated heterocycles. The average Bonchev–Trinajstić information content (AvgIpc) is 2.44. The third-order valence-electron chi connectivity index (χ3n) is 3.41. The molecule has 0 fully saturated rings. The Morgan fingerprint density at radius 1 is 1.10 bits per heavy atom. The lowest BCUT2D eigenvalue weighted by Gasteiger charge is -2.16. The Kier molecular flexibility index (Phi) is 4.78. The topological polar surface area (TPSA) is 46.2 Å². The quantitative estimate of drug-likeness (QED) is 0.883. The zero-order valence-electron chi connectivity index (χ0n) is 12.0. The first kappa shape index (κ1) is 15.0. The van der Waals surface area contributed by atoms with E-state index < -0.39 is 10.0 Å². The molecule has 108 valence electrons. The van der Waals surface area contributed by atoms with Crippen LogP contribution in [0, 0.1) is 0 Å². The minimum atomic E-state index is -3.21. The van der Waals surface area contributed by atoms with E-state index in [0.29, 0.717) is 6.42 Å². The maximum Gasteiger partial charge on any atom is 0.212 e. The van der Waals surface area contributed by atoms with Crippen LogP contribution < -0.4 is 4.72 Å². The standard InChI is InChI=1S/C16H21NO2S/c1-3-4-12-20(18,19)17-13(2)15-11-7-9-14-8-5-6-10-16(14)15/h5-11,13,17H,3-4,12H2,1-2H3. The van der Waals surface area contributed by atoms with Gasteiger partial charge in [0.05, 0.1) is 5.75 Å². The van der Waals surface area contributed by atoms with E-state index in [-0.39, 0.29) is 11.8 Å². The van der Waals surface area contributed by atoms with Crippen LogP contribution in [0.4, 0.5) is 0 Å². The molecule has 0 aromatic heterocycles. The van der Waals surface area contributed by atoms with Gasteiger partial charge in [-0.1, -0.05) is 55.8 Å². The van der Waals surface area contributed by atoms with Gasteiger partial charge in [-0.15, -0.1) is 0 Å². The molecule has 3 nitrogen and oxygen atoms in total. The number of hydrogen-bond donors (Lipinski definition) is 1. The van der Waals surface area contributed by atoms with Crippen LogP contribution in [0.5, 0.6) is 0 Å². The van der Waals surface area contributed by atoms with Crippen molar-refractivity contribution < 1.29 is 8.42 Å². The number of fused-ring (bicyclic) bond motifs is 1. The Hall–Kier alpha value is -1.39. The summed E-state index contributed by atoms with van der Waals surface area (Å²) in [5.41, 5.74) is 1.02. The van der Waals surface area contributed by atoms with Crippen LogP contribution in [0.3, 0.4) is 0 Å². The summed E-state index contributed by atoms with van der Waals surface area (Å²) in [5.74, 6) is 0.193. The highest BCUT2D eigenvalue weighted by molar-refractivity contribution is 7.89. The number of nitrogens with one attached hydrogen (secondary N) is 1. The Morgan fingerprint density at radius 3 is 2.55 bits per heavy atom. The van der Waals surface area contributed by atoms with Gasteiger partial charge in [0.15, 0.2) is 0 Å². The van der Waals surface area contributed by atoms with Crippen molar-refractivity contribution in [3.63, 3.8) is 0 Å². The van der Waals surface area contributed by atoms with Gasteiger partial charge < -0.3 is 0 Å². The second kappa shape index (κ2) is 6.37. The molecule has 20 heavy (non-hydrogen) atoms. The van der Waals surface area contributed by atoms with Crippen LogP contribution in [0.1, 0.15) is 38.3 Å². The molecular formula is C16H21NO2S. The van der Waals surface area contributed by atoms with Crippen molar-refractivity contribution in [2.75, 3.05) is 5.75 Å². The zero-order chi connectivity index (χ0) is 14.6. The third kappa shape index (κ3) is 3.58. The maximum atomic E-state index is 12.0. The maximum absolute atomic E-state index is 12.0. The van der Waals surface area contributed by atoms with Gasteiger partial charge in [0.25, 0.3) is 0 Å². The molecule has 0 saturated carbocycles. The molecular weight excluding hydrogens is 270 g/mol. The summed E-state index contributed by atoms with van der Waals surface area (Å²) in [6.07, 6.45) is 1.57. The van der Waals surface area contributed by atoms with Gasteiger partial charge in [-0.25, -0.2) is 13.1 Å². The number of sulfonamides is 1. The van der Waals surface area contributed by atoms with E-state index in [2.05, 4.69) is 4.72 Å². The predicted octanol–water partition coefficient (Wildman–Crippen LogP) is 3.62. The lowest BCUT2D eigenvalue weighted by molar-refractivity contribution is 0.564. The summed E-state index contributed by atoms with van der Waals surface area (Å²) in [6, 6.07) is 13.8. The van der Waals surface area contributed by atoms with Crippen molar-refractivity contribution in [3.05, 3.63) is 48.0 Å². The molecule has 0 bridgehead atoms. The molecule has 0 radical (unpaired) electrons. The van der Waals surface area contributed by atoms with Crippen molar-refractivity contribution in [2.24, 2.45) is 0 Å². The fraction of sp³-hybridized carbons (Fsp3) is 0.375. The van der Waals surface area contributed by atoms with Gasteiger partial charge in [-0.3, -0.25) is 0 Å². The number of hydrogen-bond acceptors (Lipinski definition) is 2. The fourth-order valence-corrected chi connectivity index (χ4v) is 3.81. The van der Waals surface area contributed by atoms with Gasteiger partial charge in [-0.2, -0.15) is 0 Å². The number of unbranched alkanes of at least 4 members (excludes halogenated alkanes) is 1. The van der Waals surface area contributed by atoms with E-state index in [4.69, 9.17) is 0 Å². The van der Waals surface area contributed by atoms with Crippen molar-refractivity contribution in [1.29, 1.82) is 0 Å². The first-order valence-electron chi connectivity index (χ1n) is 7.01. The lowest BCUT2D eigenvalue weighted by Crippen LogP contribution is -2.29. The van der Waals surface area contributed by atoms with Gasteiger partial charge in [0.1, 0.15) is 0 Å². The van der Waals surface area contributed by atoms with Gasteiger partial charge in [-0.05, 0) is 29.7 Å². The Bertz CT molecular complexity index is 674. The Labute approximate surface area is 121 Å². The van der Waals surface area contributed by atoms with E-state index in [9.17, 15) is 8.42 Å². The molecule has 2 aromatic carbocycles. The van der Waals surface area contributed by atoms with Gasteiger partial charge in [0, 0.05) is 6.04 Å². The molecule has 0 heterocycles. The van der Waals surface area contributed by atoms with Crippen LogP contribution >= 0.6 is 0 Å². The molecule has 0 aliphatic heterocycles. The SMILES string of the molecule is CCCCS(=O)(=O)NC(C)c1cccc2ccccc12. The van der Waals surface area contributed by atoms with Crippen molar-refractivity contribution in [2.45, 2.75) is 32.7 Å². The smallest absolute Gasteiger partial charge is 0.212 e. The zero-order valence-corrected chi connectivity index (χ0v) is 12.8. The Morgan fingerprint density at radius 2 is 1.80 bits per heavy atom. The summed E-state index contributed by atoms with van der Waals surface area (Å²) in [5, 5.41) is 2.23. The number of benzene rings is 2. The normalized spacial score (nSPS) is 13.5.